The molecule has 1 heterocycles. The first kappa shape index (κ1) is 19.4. The number of H-pyrrole nitrogens is 1. The molecule has 1 aromatic heterocycles. The van der Waals surface area contributed by atoms with Crippen LogP contribution < -0.4 is 20.8 Å². The third-order valence-corrected chi connectivity index (χ3v) is 4.09. The van der Waals surface area contributed by atoms with Crippen LogP contribution in [0.3, 0.4) is 0 Å². The van der Waals surface area contributed by atoms with Crippen LogP contribution in [0.15, 0.2) is 21.4 Å². The molecule has 3 N–H and O–H groups in total. The van der Waals surface area contributed by atoms with Crippen LogP contribution in [-0.4, -0.2) is 17.7 Å². The molecule has 0 fully saturated rings. The van der Waals surface area contributed by atoms with Gasteiger partial charge in [0.2, 0.25) is 0 Å². The Morgan fingerprint density at radius 1 is 1.23 bits per heavy atom. The van der Waals surface area contributed by atoms with E-state index in [1.54, 1.807) is 12.1 Å². The SMILES string of the molecule is CCOc1cc(-c2c(C#N)c(N)[nH]c(=O)c2C#N)c(Br)cc1OC(C)C. The van der Waals surface area contributed by atoms with E-state index in [0.717, 1.165) is 0 Å². The summed E-state index contributed by atoms with van der Waals surface area (Å²) in [4.78, 5) is 14.5. The molecule has 0 aliphatic heterocycles. The van der Waals surface area contributed by atoms with Crippen LogP contribution in [0, 0.1) is 22.7 Å². The summed E-state index contributed by atoms with van der Waals surface area (Å²) >= 11 is 3.43. The predicted molar refractivity (Wildman–Crippen MR) is 101 cm³/mol. The highest BCUT2D eigenvalue weighted by atomic mass is 79.9. The molecular weight excluding hydrogens is 400 g/mol. The average Bonchev–Trinajstić information content (AvgIpc) is 2.56. The Kier molecular flexibility index (Phi) is 5.91. The normalized spacial score (nSPS) is 10.3. The molecule has 0 bridgehead atoms. The standard InChI is InChI=1S/C18H17BrN4O3/c1-4-25-14-5-10(13(19)6-15(14)26-9(2)3)16-11(7-20)17(22)23-18(24)12(16)8-21/h5-6,9H,4H2,1-3H3,(H3,22,23,24). The van der Waals surface area contributed by atoms with Gasteiger partial charge in [-0.3, -0.25) is 4.79 Å². The highest BCUT2D eigenvalue weighted by molar-refractivity contribution is 9.10. The molecule has 134 valence electrons. The van der Waals surface area contributed by atoms with Gasteiger partial charge < -0.3 is 20.2 Å². The molecule has 1 aromatic carbocycles. The summed E-state index contributed by atoms with van der Waals surface area (Å²) in [7, 11) is 0. The lowest BCUT2D eigenvalue weighted by molar-refractivity contribution is 0.224. The van der Waals surface area contributed by atoms with Gasteiger partial charge in [0.1, 0.15) is 29.1 Å². The minimum Gasteiger partial charge on any atom is -0.490 e. The van der Waals surface area contributed by atoms with Gasteiger partial charge in [0, 0.05) is 15.6 Å². The van der Waals surface area contributed by atoms with Crippen molar-refractivity contribution in [2.75, 3.05) is 12.3 Å². The first-order valence-electron chi connectivity index (χ1n) is 7.83. The van der Waals surface area contributed by atoms with E-state index in [1.165, 1.54) is 0 Å². The monoisotopic (exact) mass is 416 g/mol. The van der Waals surface area contributed by atoms with E-state index < -0.39 is 5.56 Å². The molecule has 0 aliphatic carbocycles. The Labute approximate surface area is 159 Å². The van der Waals surface area contributed by atoms with E-state index in [4.69, 9.17) is 15.2 Å². The Morgan fingerprint density at radius 2 is 1.88 bits per heavy atom. The smallest absolute Gasteiger partial charge is 0.268 e. The van der Waals surface area contributed by atoms with Crippen LogP contribution in [0.4, 0.5) is 5.82 Å². The van der Waals surface area contributed by atoms with Gasteiger partial charge in [-0.15, -0.1) is 0 Å². The third-order valence-electron chi connectivity index (χ3n) is 3.43. The predicted octanol–water partition coefficient (Wildman–Crippen LogP) is 3.32. The van der Waals surface area contributed by atoms with E-state index >= 15 is 0 Å². The molecule has 0 aliphatic rings. The molecule has 0 unspecified atom stereocenters. The largest absolute Gasteiger partial charge is 0.490 e. The molecule has 0 spiro atoms. The van der Waals surface area contributed by atoms with Crippen molar-refractivity contribution >= 4 is 21.7 Å². The molecule has 0 radical (unpaired) electrons. The van der Waals surface area contributed by atoms with Crippen molar-refractivity contribution in [2.24, 2.45) is 0 Å². The maximum Gasteiger partial charge on any atom is 0.268 e. The third kappa shape index (κ3) is 3.66. The number of hydrogen-bond donors (Lipinski definition) is 2. The second-order valence-corrected chi connectivity index (χ2v) is 6.45. The van der Waals surface area contributed by atoms with E-state index in [2.05, 4.69) is 20.9 Å². The molecule has 0 atom stereocenters. The zero-order chi connectivity index (χ0) is 19.4. The van der Waals surface area contributed by atoms with E-state index in [1.807, 2.05) is 32.9 Å². The van der Waals surface area contributed by atoms with Crippen LogP contribution in [0.25, 0.3) is 11.1 Å². The number of aromatic nitrogens is 1. The van der Waals surface area contributed by atoms with Crippen molar-refractivity contribution in [2.45, 2.75) is 26.9 Å². The van der Waals surface area contributed by atoms with Gasteiger partial charge in [0.05, 0.1) is 12.7 Å². The zero-order valence-electron chi connectivity index (χ0n) is 14.5. The molecule has 2 rings (SSSR count). The summed E-state index contributed by atoms with van der Waals surface area (Å²) in [6, 6.07) is 7.10. The molecule has 0 saturated heterocycles. The van der Waals surface area contributed by atoms with Crippen molar-refractivity contribution in [1.82, 2.24) is 4.98 Å². The van der Waals surface area contributed by atoms with E-state index in [9.17, 15) is 15.3 Å². The summed E-state index contributed by atoms with van der Waals surface area (Å²) in [6.45, 7) is 5.99. The Hall–Kier alpha value is -2.97. The number of nitrogens with zero attached hydrogens (tertiary/aromatic N) is 2. The number of pyridine rings is 1. The lowest BCUT2D eigenvalue weighted by Gasteiger charge is -2.18. The van der Waals surface area contributed by atoms with E-state index in [-0.39, 0.29) is 28.6 Å². The summed E-state index contributed by atoms with van der Waals surface area (Å²) in [5.74, 6) is 0.845. The minimum atomic E-state index is -0.661. The van der Waals surface area contributed by atoms with Crippen LogP contribution >= 0.6 is 15.9 Å². The quantitative estimate of drug-likeness (QED) is 0.769. The fourth-order valence-corrected chi connectivity index (χ4v) is 2.97. The summed E-state index contributed by atoms with van der Waals surface area (Å²) < 4.78 is 11.9. The number of nitrogen functional groups attached to an aromatic ring is 1. The molecule has 0 saturated carbocycles. The van der Waals surface area contributed by atoms with Crippen LogP contribution in [0.2, 0.25) is 0 Å². The Balaban J connectivity index is 2.86. The van der Waals surface area contributed by atoms with Crippen molar-refractivity contribution < 1.29 is 9.47 Å². The fourth-order valence-electron chi connectivity index (χ4n) is 2.45. The molecule has 2 aromatic rings. The van der Waals surface area contributed by atoms with Gasteiger partial charge in [0.15, 0.2) is 11.5 Å². The van der Waals surface area contributed by atoms with Crippen LogP contribution in [0.1, 0.15) is 31.9 Å². The number of benzene rings is 1. The molecule has 26 heavy (non-hydrogen) atoms. The van der Waals surface area contributed by atoms with E-state index in [0.29, 0.717) is 28.1 Å². The van der Waals surface area contributed by atoms with Crippen LogP contribution in [0.5, 0.6) is 11.5 Å². The number of nitrogens with two attached hydrogens (primary N) is 1. The second kappa shape index (κ2) is 7.94. The van der Waals surface area contributed by atoms with Gasteiger partial charge in [-0.1, -0.05) is 15.9 Å². The number of anilines is 1. The molecule has 7 nitrogen and oxygen atoms in total. The number of nitriles is 2. The van der Waals surface area contributed by atoms with Gasteiger partial charge in [-0.25, -0.2) is 0 Å². The number of rotatable bonds is 5. The van der Waals surface area contributed by atoms with Gasteiger partial charge in [0.25, 0.3) is 5.56 Å². The topological polar surface area (TPSA) is 125 Å². The highest BCUT2D eigenvalue weighted by Crippen LogP contribution is 2.41. The molecule has 0 amide bonds. The Bertz CT molecular complexity index is 984. The van der Waals surface area contributed by atoms with Gasteiger partial charge in [-0.2, -0.15) is 10.5 Å². The first-order valence-corrected chi connectivity index (χ1v) is 8.62. The number of halogens is 1. The first-order chi connectivity index (χ1) is 12.3. The average molecular weight is 417 g/mol. The zero-order valence-corrected chi connectivity index (χ0v) is 16.1. The van der Waals surface area contributed by atoms with Crippen molar-refractivity contribution in [1.29, 1.82) is 10.5 Å². The van der Waals surface area contributed by atoms with Gasteiger partial charge in [-0.05, 0) is 32.9 Å². The summed E-state index contributed by atoms with van der Waals surface area (Å²) in [5, 5.41) is 18.9. The lowest BCUT2D eigenvalue weighted by atomic mass is 9.96. The number of nitrogens with one attached hydrogen (secondary N) is 1. The fraction of sp³-hybridized carbons (Fsp3) is 0.278. The number of aromatic amines is 1. The summed E-state index contributed by atoms with van der Waals surface area (Å²) in [6.07, 6.45) is -0.0773. The highest BCUT2D eigenvalue weighted by Gasteiger charge is 2.22. The van der Waals surface area contributed by atoms with Crippen molar-refractivity contribution in [3.05, 3.63) is 38.1 Å². The van der Waals surface area contributed by atoms with Gasteiger partial charge >= 0.3 is 0 Å². The summed E-state index contributed by atoms with van der Waals surface area (Å²) in [5.41, 5.74) is 5.53. The Morgan fingerprint density at radius 3 is 2.42 bits per heavy atom. The second-order valence-electron chi connectivity index (χ2n) is 5.59. The minimum absolute atomic E-state index is 0.0156. The van der Waals surface area contributed by atoms with Crippen LogP contribution in [-0.2, 0) is 0 Å². The van der Waals surface area contributed by atoms with Crippen molar-refractivity contribution in [3.8, 4) is 34.8 Å². The maximum atomic E-state index is 12.1. The lowest BCUT2D eigenvalue weighted by Crippen LogP contribution is -2.16. The molecule has 8 heteroatoms. The molecular formula is C18H17BrN4O3. The van der Waals surface area contributed by atoms with Crippen molar-refractivity contribution in [3.63, 3.8) is 0 Å². The number of ether oxygens (including phenoxy) is 2. The number of hydrogen-bond acceptors (Lipinski definition) is 6. The maximum absolute atomic E-state index is 12.1.